The highest BCUT2D eigenvalue weighted by molar-refractivity contribution is 7.99. The predicted molar refractivity (Wildman–Crippen MR) is 75.9 cm³/mol. The molecule has 0 fully saturated rings. The zero-order valence-corrected chi connectivity index (χ0v) is 11.7. The highest BCUT2D eigenvalue weighted by Crippen LogP contribution is 2.36. The first-order chi connectivity index (χ1) is 8.47. The first kappa shape index (κ1) is 13.2. The summed E-state index contributed by atoms with van der Waals surface area (Å²) in [5.41, 5.74) is 8.55. The zero-order chi connectivity index (χ0) is 13.3. The van der Waals surface area contributed by atoms with Crippen LogP contribution in [0.1, 0.15) is 11.1 Å². The Morgan fingerprint density at radius 1 is 1.11 bits per heavy atom. The molecular weight excluding hydrogens is 269 g/mol. The minimum absolute atomic E-state index is 0.0945. The second kappa shape index (κ2) is 5.21. The summed E-state index contributed by atoms with van der Waals surface area (Å²) in [6.07, 6.45) is 0. The molecule has 0 heterocycles. The van der Waals surface area contributed by atoms with Crippen molar-refractivity contribution >= 4 is 29.1 Å². The Kier molecular flexibility index (Phi) is 3.83. The third-order valence-corrected chi connectivity index (χ3v) is 4.14. The van der Waals surface area contributed by atoms with E-state index in [1.165, 1.54) is 23.4 Å². The highest BCUT2D eigenvalue weighted by Gasteiger charge is 2.09. The minimum Gasteiger partial charge on any atom is -0.398 e. The van der Waals surface area contributed by atoms with E-state index in [2.05, 4.69) is 18.2 Å². The molecule has 0 saturated heterocycles. The predicted octanol–water partition coefficient (Wildman–Crippen LogP) is 4.83. The number of hydrogen-bond donors (Lipinski definition) is 1. The number of nitrogens with two attached hydrogens (primary N) is 1. The molecule has 1 nitrogen and oxygen atoms in total. The van der Waals surface area contributed by atoms with E-state index in [-0.39, 0.29) is 5.02 Å². The van der Waals surface area contributed by atoms with Crippen molar-refractivity contribution in [3.63, 3.8) is 0 Å². The fourth-order valence-electron chi connectivity index (χ4n) is 1.57. The molecule has 0 aliphatic heterocycles. The van der Waals surface area contributed by atoms with Gasteiger partial charge in [-0.3, -0.25) is 0 Å². The average molecular weight is 282 g/mol. The number of aryl methyl sites for hydroxylation is 2. The first-order valence-corrected chi connectivity index (χ1v) is 6.66. The van der Waals surface area contributed by atoms with Crippen LogP contribution >= 0.6 is 23.4 Å². The van der Waals surface area contributed by atoms with E-state index in [0.717, 1.165) is 15.4 Å². The van der Waals surface area contributed by atoms with E-state index in [1.807, 2.05) is 13.8 Å². The maximum atomic E-state index is 13.2. The van der Waals surface area contributed by atoms with Crippen molar-refractivity contribution in [1.29, 1.82) is 0 Å². The summed E-state index contributed by atoms with van der Waals surface area (Å²) in [6, 6.07) is 9.02. The smallest absolute Gasteiger partial charge is 0.143 e. The summed E-state index contributed by atoms with van der Waals surface area (Å²) in [7, 11) is 0. The molecule has 0 unspecified atom stereocenters. The summed E-state index contributed by atoms with van der Waals surface area (Å²) in [6.45, 7) is 4.06. The van der Waals surface area contributed by atoms with Crippen molar-refractivity contribution in [3.05, 3.63) is 52.3 Å². The van der Waals surface area contributed by atoms with Crippen LogP contribution in [-0.4, -0.2) is 0 Å². The van der Waals surface area contributed by atoms with Crippen LogP contribution in [0.3, 0.4) is 0 Å². The van der Waals surface area contributed by atoms with Crippen LogP contribution in [0.5, 0.6) is 0 Å². The molecular formula is C14H13ClFNS. The Morgan fingerprint density at radius 3 is 2.56 bits per heavy atom. The lowest BCUT2D eigenvalue weighted by Crippen LogP contribution is -1.91. The van der Waals surface area contributed by atoms with E-state index in [0.29, 0.717) is 5.69 Å². The Bertz CT molecular complexity index is 599. The largest absolute Gasteiger partial charge is 0.398 e. The lowest BCUT2D eigenvalue weighted by molar-refractivity contribution is 0.628. The van der Waals surface area contributed by atoms with Gasteiger partial charge in [0.05, 0.1) is 5.02 Å². The summed E-state index contributed by atoms with van der Waals surface area (Å²) in [4.78, 5) is 1.87. The van der Waals surface area contributed by atoms with E-state index in [4.69, 9.17) is 17.3 Å². The van der Waals surface area contributed by atoms with Gasteiger partial charge in [0.2, 0.25) is 0 Å². The van der Waals surface area contributed by atoms with Crippen molar-refractivity contribution < 1.29 is 4.39 Å². The van der Waals surface area contributed by atoms with Crippen LogP contribution in [0.2, 0.25) is 5.02 Å². The van der Waals surface area contributed by atoms with E-state index < -0.39 is 5.82 Å². The number of nitrogen functional groups attached to an aromatic ring is 1. The molecule has 2 N–H and O–H groups in total. The van der Waals surface area contributed by atoms with Crippen molar-refractivity contribution in [2.24, 2.45) is 0 Å². The monoisotopic (exact) mass is 281 g/mol. The van der Waals surface area contributed by atoms with Gasteiger partial charge in [0, 0.05) is 15.5 Å². The fourth-order valence-corrected chi connectivity index (χ4v) is 2.86. The van der Waals surface area contributed by atoms with Crippen LogP contribution in [0, 0.1) is 19.7 Å². The normalized spacial score (nSPS) is 10.7. The third kappa shape index (κ3) is 2.79. The molecule has 0 saturated carbocycles. The van der Waals surface area contributed by atoms with Crippen LogP contribution < -0.4 is 5.73 Å². The molecule has 0 aliphatic carbocycles. The van der Waals surface area contributed by atoms with Gasteiger partial charge in [-0.2, -0.15) is 0 Å². The maximum absolute atomic E-state index is 13.2. The van der Waals surface area contributed by atoms with Crippen molar-refractivity contribution in [1.82, 2.24) is 0 Å². The number of hydrogen-bond acceptors (Lipinski definition) is 2. The van der Waals surface area contributed by atoms with Crippen LogP contribution in [0.15, 0.2) is 40.1 Å². The van der Waals surface area contributed by atoms with Gasteiger partial charge in [-0.15, -0.1) is 0 Å². The van der Waals surface area contributed by atoms with E-state index in [1.54, 1.807) is 6.07 Å². The molecule has 0 spiro atoms. The molecule has 0 atom stereocenters. The maximum Gasteiger partial charge on any atom is 0.143 e. The molecule has 4 heteroatoms. The molecule has 0 aromatic heterocycles. The Balaban J connectivity index is 2.40. The average Bonchev–Trinajstić information content (AvgIpc) is 2.30. The quantitative estimate of drug-likeness (QED) is 0.798. The first-order valence-electron chi connectivity index (χ1n) is 5.47. The summed E-state index contributed by atoms with van der Waals surface area (Å²) in [5.74, 6) is -0.487. The van der Waals surface area contributed by atoms with Gasteiger partial charge in [-0.25, -0.2) is 4.39 Å². The SMILES string of the molecule is Cc1ccc(C)c(Sc2cc(Cl)c(F)cc2N)c1. The van der Waals surface area contributed by atoms with Gasteiger partial charge >= 0.3 is 0 Å². The van der Waals surface area contributed by atoms with E-state index in [9.17, 15) is 4.39 Å². The lowest BCUT2D eigenvalue weighted by atomic mass is 10.2. The number of benzene rings is 2. The summed E-state index contributed by atoms with van der Waals surface area (Å²) >= 11 is 7.28. The van der Waals surface area contributed by atoms with Gasteiger partial charge in [-0.1, -0.05) is 35.5 Å². The zero-order valence-electron chi connectivity index (χ0n) is 10.1. The molecule has 0 amide bonds. The van der Waals surface area contributed by atoms with Crippen molar-refractivity contribution in [2.75, 3.05) is 5.73 Å². The summed E-state index contributed by atoms with van der Waals surface area (Å²) in [5, 5.41) is 0.0945. The van der Waals surface area contributed by atoms with Gasteiger partial charge in [0.1, 0.15) is 5.82 Å². The van der Waals surface area contributed by atoms with Crippen LogP contribution in [-0.2, 0) is 0 Å². The molecule has 2 aromatic rings. The Hall–Kier alpha value is -1.19. The molecule has 0 aliphatic rings. The second-order valence-electron chi connectivity index (χ2n) is 4.18. The molecule has 0 radical (unpaired) electrons. The molecule has 94 valence electrons. The van der Waals surface area contributed by atoms with Crippen LogP contribution in [0.4, 0.5) is 10.1 Å². The topological polar surface area (TPSA) is 26.0 Å². The molecule has 2 rings (SSSR count). The van der Waals surface area contributed by atoms with Gasteiger partial charge in [0.15, 0.2) is 0 Å². The molecule has 0 bridgehead atoms. The lowest BCUT2D eigenvalue weighted by Gasteiger charge is -2.09. The fraction of sp³-hybridized carbons (Fsp3) is 0.143. The van der Waals surface area contributed by atoms with Crippen molar-refractivity contribution in [2.45, 2.75) is 23.6 Å². The minimum atomic E-state index is -0.487. The Morgan fingerprint density at radius 2 is 1.83 bits per heavy atom. The third-order valence-electron chi connectivity index (χ3n) is 2.62. The molecule has 2 aromatic carbocycles. The number of rotatable bonds is 2. The number of anilines is 1. The van der Waals surface area contributed by atoms with Crippen LogP contribution in [0.25, 0.3) is 0 Å². The van der Waals surface area contributed by atoms with Gasteiger partial charge < -0.3 is 5.73 Å². The highest BCUT2D eigenvalue weighted by atomic mass is 35.5. The second-order valence-corrected chi connectivity index (χ2v) is 5.67. The molecule has 18 heavy (non-hydrogen) atoms. The van der Waals surface area contributed by atoms with Gasteiger partial charge in [-0.05, 0) is 43.2 Å². The summed E-state index contributed by atoms with van der Waals surface area (Å²) < 4.78 is 13.2. The Labute approximate surface area is 115 Å². The van der Waals surface area contributed by atoms with E-state index >= 15 is 0 Å². The van der Waals surface area contributed by atoms with Gasteiger partial charge in [0.25, 0.3) is 0 Å². The number of halogens is 2. The van der Waals surface area contributed by atoms with Crippen molar-refractivity contribution in [3.8, 4) is 0 Å². The standard InChI is InChI=1S/C14H13ClFNS/c1-8-3-4-9(2)13(5-8)18-14-6-10(15)11(16)7-12(14)17/h3-7H,17H2,1-2H3.